The Morgan fingerprint density at radius 1 is 1.47 bits per heavy atom. The van der Waals surface area contributed by atoms with E-state index in [2.05, 4.69) is 21.4 Å². The summed E-state index contributed by atoms with van der Waals surface area (Å²) in [4.78, 5) is 8.11. The van der Waals surface area contributed by atoms with Gasteiger partial charge in [-0.3, -0.25) is 0 Å². The predicted molar refractivity (Wildman–Crippen MR) is 66.2 cm³/mol. The highest BCUT2D eigenvalue weighted by molar-refractivity contribution is 5.46. The molecule has 0 aliphatic heterocycles. The molecule has 1 heterocycles. The molecule has 0 saturated heterocycles. The minimum absolute atomic E-state index is 0.0688. The molecule has 1 aliphatic rings. The first-order valence-corrected chi connectivity index (χ1v) is 5.96. The van der Waals surface area contributed by atoms with Gasteiger partial charge >= 0.3 is 0 Å². The Morgan fingerprint density at radius 3 is 3.00 bits per heavy atom. The molecule has 5 nitrogen and oxygen atoms in total. The lowest BCUT2D eigenvalue weighted by molar-refractivity contribution is 0.388. The van der Waals surface area contributed by atoms with Gasteiger partial charge in [0.1, 0.15) is 5.82 Å². The fourth-order valence-electron chi connectivity index (χ4n) is 2.24. The predicted octanol–water partition coefficient (Wildman–Crippen LogP) is 1.86. The molecule has 90 valence electrons. The van der Waals surface area contributed by atoms with Crippen LogP contribution in [0.15, 0.2) is 6.20 Å². The van der Waals surface area contributed by atoms with E-state index in [-0.39, 0.29) is 17.9 Å². The Balaban J connectivity index is 2.14. The van der Waals surface area contributed by atoms with Gasteiger partial charge in [0.2, 0.25) is 5.95 Å². The van der Waals surface area contributed by atoms with Gasteiger partial charge in [0.15, 0.2) is 0 Å². The molecule has 0 bridgehead atoms. The van der Waals surface area contributed by atoms with Crippen LogP contribution in [0.1, 0.15) is 31.2 Å². The number of nitrogens with one attached hydrogen (secondary N) is 1. The third kappa shape index (κ3) is 2.64. The van der Waals surface area contributed by atoms with Gasteiger partial charge in [-0.15, -0.1) is 0 Å². The molecule has 0 spiro atoms. The molecular weight excluding hydrogens is 214 g/mol. The van der Waals surface area contributed by atoms with Crippen LogP contribution in [0.25, 0.3) is 0 Å². The topological polar surface area (TPSA) is 87.6 Å². The van der Waals surface area contributed by atoms with E-state index in [0.717, 1.165) is 37.1 Å². The Hall–Kier alpha value is -1.83. The number of rotatable bonds is 2. The molecule has 1 aliphatic carbocycles. The minimum atomic E-state index is 0.0688. The Kier molecular flexibility index (Phi) is 3.43. The van der Waals surface area contributed by atoms with E-state index in [1.54, 1.807) is 6.20 Å². The van der Waals surface area contributed by atoms with Gasteiger partial charge in [0, 0.05) is 17.8 Å². The van der Waals surface area contributed by atoms with E-state index in [9.17, 15) is 0 Å². The van der Waals surface area contributed by atoms with Gasteiger partial charge in [0.05, 0.1) is 12.0 Å². The van der Waals surface area contributed by atoms with Crippen molar-refractivity contribution in [3.05, 3.63) is 11.8 Å². The van der Waals surface area contributed by atoms with Gasteiger partial charge in [-0.05, 0) is 19.8 Å². The molecule has 0 radical (unpaired) electrons. The second-order valence-electron chi connectivity index (χ2n) is 4.53. The number of nitrogen functional groups attached to an aromatic ring is 1. The Labute approximate surface area is 101 Å². The van der Waals surface area contributed by atoms with E-state index < -0.39 is 0 Å². The average molecular weight is 231 g/mol. The molecule has 0 amide bonds. The van der Waals surface area contributed by atoms with Crippen LogP contribution in [0.3, 0.4) is 0 Å². The van der Waals surface area contributed by atoms with Gasteiger partial charge in [0.25, 0.3) is 0 Å². The summed E-state index contributed by atoms with van der Waals surface area (Å²) in [7, 11) is 0. The second-order valence-corrected chi connectivity index (χ2v) is 4.53. The van der Waals surface area contributed by atoms with E-state index >= 15 is 0 Å². The highest BCUT2D eigenvalue weighted by atomic mass is 15.1. The van der Waals surface area contributed by atoms with Crippen LogP contribution < -0.4 is 11.1 Å². The third-order valence-corrected chi connectivity index (χ3v) is 3.24. The van der Waals surface area contributed by atoms with Gasteiger partial charge in [-0.1, -0.05) is 12.8 Å². The van der Waals surface area contributed by atoms with E-state index in [1.165, 1.54) is 0 Å². The first-order chi connectivity index (χ1) is 8.20. The Bertz CT molecular complexity index is 437. The van der Waals surface area contributed by atoms with Crippen molar-refractivity contribution >= 4 is 11.8 Å². The largest absolute Gasteiger partial charge is 0.368 e. The zero-order valence-corrected chi connectivity index (χ0v) is 9.98. The summed E-state index contributed by atoms with van der Waals surface area (Å²) in [5.41, 5.74) is 6.53. The normalized spacial score (nSPS) is 24.0. The molecule has 2 rings (SSSR count). The van der Waals surface area contributed by atoms with Gasteiger partial charge in [-0.25, -0.2) is 4.98 Å². The van der Waals surface area contributed by atoms with Crippen molar-refractivity contribution in [1.82, 2.24) is 9.97 Å². The summed E-state index contributed by atoms with van der Waals surface area (Å²) in [5.74, 6) is 1.09. The van der Waals surface area contributed by atoms with E-state index in [0.29, 0.717) is 0 Å². The SMILES string of the molecule is Cc1cnc(N)nc1NC1CCCC[C@@H]1C#N. The van der Waals surface area contributed by atoms with Gasteiger partial charge < -0.3 is 11.1 Å². The first kappa shape index (κ1) is 11.6. The maximum Gasteiger partial charge on any atom is 0.221 e. The molecule has 5 heteroatoms. The number of nitrogens with two attached hydrogens (primary N) is 1. The zero-order chi connectivity index (χ0) is 12.3. The smallest absolute Gasteiger partial charge is 0.221 e. The van der Waals surface area contributed by atoms with Crippen LogP contribution in [0.2, 0.25) is 0 Å². The summed E-state index contributed by atoms with van der Waals surface area (Å²) < 4.78 is 0. The fourth-order valence-corrected chi connectivity index (χ4v) is 2.24. The van der Waals surface area contributed by atoms with Crippen molar-refractivity contribution in [3.8, 4) is 6.07 Å². The third-order valence-electron chi connectivity index (χ3n) is 3.24. The number of anilines is 2. The van der Waals surface area contributed by atoms with Crippen LogP contribution in [-0.2, 0) is 0 Å². The number of aryl methyl sites for hydroxylation is 1. The van der Waals surface area contributed by atoms with Crippen LogP contribution in [0.5, 0.6) is 0 Å². The molecule has 3 N–H and O–H groups in total. The van der Waals surface area contributed by atoms with Crippen molar-refractivity contribution in [1.29, 1.82) is 5.26 Å². The van der Waals surface area contributed by atoms with Gasteiger partial charge in [-0.2, -0.15) is 10.2 Å². The maximum atomic E-state index is 9.12. The van der Waals surface area contributed by atoms with Crippen LogP contribution in [0, 0.1) is 24.2 Å². The van der Waals surface area contributed by atoms with Crippen molar-refractivity contribution in [2.24, 2.45) is 5.92 Å². The summed E-state index contributed by atoms with van der Waals surface area (Å²) in [6.07, 6.45) is 5.99. The molecule has 1 saturated carbocycles. The molecule has 17 heavy (non-hydrogen) atoms. The number of nitriles is 1. The minimum Gasteiger partial charge on any atom is -0.368 e. The van der Waals surface area contributed by atoms with E-state index in [1.807, 2.05) is 6.92 Å². The molecule has 0 aromatic carbocycles. The monoisotopic (exact) mass is 231 g/mol. The van der Waals surface area contributed by atoms with Crippen molar-refractivity contribution in [2.45, 2.75) is 38.6 Å². The molecule has 1 aromatic heterocycles. The van der Waals surface area contributed by atoms with Crippen molar-refractivity contribution < 1.29 is 0 Å². The summed E-state index contributed by atoms with van der Waals surface area (Å²) in [6.45, 7) is 1.94. The highest BCUT2D eigenvalue weighted by Gasteiger charge is 2.25. The van der Waals surface area contributed by atoms with Crippen LogP contribution in [-0.4, -0.2) is 16.0 Å². The summed E-state index contributed by atoms with van der Waals surface area (Å²) >= 11 is 0. The lowest BCUT2D eigenvalue weighted by Gasteiger charge is -2.28. The Morgan fingerprint density at radius 2 is 2.24 bits per heavy atom. The number of hydrogen-bond acceptors (Lipinski definition) is 5. The molecule has 1 unspecified atom stereocenters. The average Bonchev–Trinajstić information content (AvgIpc) is 2.34. The van der Waals surface area contributed by atoms with Crippen LogP contribution >= 0.6 is 0 Å². The number of aromatic nitrogens is 2. The standard InChI is InChI=1S/C12H17N5/c1-8-7-15-12(14)17-11(8)16-10-5-3-2-4-9(10)6-13/h7,9-10H,2-5H2,1H3,(H3,14,15,16,17)/t9-,10?/m1/s1. The summed E-state index contributed by atoms with van der Waals surface area (Å²) in [5, 5.41) is 12.5. The first-order valence-electron chi connectivity index (χ1n) is 5.96. The lowest BCUT2D eigenvalue weighted by Crippen LogP contribution is -2.32. The summed E-state index contributed by atoms with van der Waals surface area (Å²) in [6, 6.07) is 2.55. The number of nitrogens with zero attached hydrogens (tertiary/aromatic N) is 3. The fraction of sp³-hybridized carbons (Fsp3) is 0.583. The highest BCUT2D eigenvalue weighted by Crippen LogP contribution is 2.27. The molecule has 1 fully saturated rings. The van der Waals surface area contributed by atoms with Crippen LogP contribution in [0.4, 0.5) is 11.8 Å². The molecule has 2 atom stereocenters. The zero-order valence-electron chi connectivity index (χ0n) is 9.98. The molecule has 1 aromatic rings. The quantitative estimate of drug-likeness (QED) is 0.811. The van der Waals surface area contributed by atoms with Crippen molar-refractivity contribution in [3.63, 3.8) is 0 Å². The van der Waals surface area contributed by atoms with Crippen molar-refractivity contribution in [2.75, 3.05) is 11.1 Å². The lowest BCUT2D eigenvalue weighted by atomic mass is 9.85. The number of hydrogen-bond donors (Lipinski definition) is 2. The maximum absolute atomic E-state index is 9.12. The molecular formula is C12H17N5. The second kappa shape index (κ2) is 5.00. The van der Waals surface area contributed by atoms with E-state index in [4.69, 9.17) is 11.0 Å².